The van der Waals surface area contributed by atoms with Crippen molar-refractivity contribution in [2.45, 2.75) is 31.2 Å². The normalized spacial score (nSPS) is 18.9. The molecule has 6 nitrogen and oxygen atoms in total. The maximum Gasteiger partial charge on any atom is 0.573 e. The van der Waals surface area contributed by atoms with E-state index in [0.29, 0.717) is 30.0 Å². The molecule has 0 radical (unpaired) electrons. The number of alkyl halides is 3. The second kappa shape index (κ2) is 7.26. The topological polar surface area (TPSA) is 77.6 Å². The largest absolute Gasteiger partial charge is 0.573 e. The first-order chi connectivity index (χ1) is 13.8. The van der Waals surface area contributed by atoms with Crippen LogP contribution in [0.5, 0.6) is 17.5 Å². The smallest absolute Gasteiger partial charge is 0.491 e. The van der Waals surface area contributed by atoms with Crippen LogP contribution in [-0.2, 0) is 0 Å². The molecule has 1 fully saturated rings. The molecule has 0 bridgehead atoms. The van der Waals surface area contributed by atoms with Crippen LogP contribution in [0.3, 0.4) is 0 Å². The molecule has 2 heterocycles. The summed E-state index contributed by atoms with van der Waals surface area (Å²) in [6.07, 6.45) is -2.71. The molecule has 4 rings (SSSR count). The van der Waals surface area contributed by atoms with Crippen molar-refractivity contribution < 1.29 is 36.7 Å². The maximum atomic E-state index is 14.0. The summed E-state index contributed by atoms with van der Waals surface area (Å²) in [4.78, 5) is 4.15. The lowest BCUT2D eigenvalue weighted by atomic mass is 9.77. The van der Waals surface area contributed by atoms with Gasteiger partial charge in [0.25, 0.3) is 5.88 Å². The highest BCUT2D eigenvalue weighted by Crippen LogP contribution is 2.41. The first-order valence-electron chi connectivity index (χ1n) is 8.61. The van der Waals surface area contributed by atoms with Crippen LogP contribution in [0.1, 0.15) is 24.3 Å². The molecule has 1 aliphatic rings. The summed E-state index contributed by atoms with van der Waals surface area (Å²) in [6.45, 7) is 0. The van der Waals surface area contributed by atoms with Crippen molar-refractivity contribution in [3.05, 3.63) is 54.0 Å². The molecule has 0 atom stereocenters. The van der Waals surface area contributed by atoms with E-state index in [-0.39, 0.29) is 23.5 Å². The van der Waals surface area contributed by atoms with Gasteiger partial charge in [-0.2, -0.15) is 0 Å². The van der Waals surface area contributed by atoms with Crippen LogP contribution in [0.4, 0.5) is 17.6 Å². The van der Waals surface area contributed by atoms with Gasteiger partial charge in [0.2, 0.25) is 5.88 Å². The molecule has 1 saturated carbocycles. The standard InChI is InChI=1S/C19H14F4N2O4/c20-15-3-2-12(28-19(21,22)23)7-14(15)11-5-13(6-11)27-18-4-1-10(9-24-18)16-8-17(26)25-29-16/h1-4,7-9,11,13H,5-6H2,(H,25,26). The molecule has 0 saturated heterocycles. The Labute approximate surface area is 161 Å². The highest BCUT2D eigenvalue weighted by molar-refractivity contribution is 5.57. The van der Waals surface area contributed by atoms with Crippen molar-refractivity contribution in [3.63, 3.8) is 0 Å². The van der Waals surface area contributed by atoms with E-state index in [0.717, 1.165) is 18.2 Å². The van der Waals surface area contributed by atoms with Gasteiger partial charge in [0.05, 0.1) is 0 Å². The van der Waals surface area contributed by atoms with E-state index in [9.17, 15) is 22.7 Å². The first kappa shape index (κ1) is 19.0. The van der Waals surface area contributed by atoms with Gasteiger partial charge in [-0.15, -0.1) is 13.2 Å². The Morgan fingerprint density at radius 3 is 2.52 bits per heavy atom. The number of benzene rings is 1. The molecule has 1 N–H and O–H groups in total. The third-order valence-electron chi connectivity index (χ3n) is 4.54. The van der Waals surface area contributed by atoms with Gasteiger partial charge in [-0.3, -0.25) is 0 Å². The van der Waals surface area contributed by atoms with Crippen molar-refractivity contribution >= 4 is 0 Å². The van der Waals surface area contributed by atoms with Crippen LogP contribution < -0.4 is 9.47 Å². The predicted molar refractivity (Wildman–Crippen MR) is 90.9 cm³/mol. The van der Waals surface area contributed by atoms with Crippen molar-refractivity contribution in [3.8, 4) is 28.8 Å². The quantitative estimate of drug-likeness (QED) is 0.609. The molecule has 0 unspecified atom stereocenters. The lowest BCUT2D eigenvalue weighted by Gasteiger charge is -2.35. The number of nitrogens with zero attached hydrogens (tertiary/aromatic N) is 2. The number of halogens is 4. The molecule has 0 amide bonds. The molecule has 0 spiro atoms. The fourth-order valence-corrected chi connectivity index (χ4v) is 3.12. The van der Waals surface area contributed by atoms with E-state index in [4.69, 9.17) is 9.26 Å². The molecule has 2 aromatic heterocycles. The van der Waals surface area contributed by atoms with Crippen molar-refractivity contribution in [2.24, 2.45) is 0 Å². The Hall–Kier alpha value is -3.30. The zero-order valence-electron chi connectivity index (χ0n) is 14.7. The minimum Gasteiger partial charge on any atom is -0.491 e. The van der Waals surface area contributed by atoms with Crippen LogP contribution in [0.2, 0.25) is 0 Å². The maximum absolute atomic E-state index is 14.0. The van der Waals surface area contributed by atoms with Gasteiger partial charge in [-0.25, -0.2) is 9.37 Å². The third kappa shape index (κ3) is 4.41. The Balaban J connectivity index is 1.36. The fourth-order valence-electron chi connectivity index (χ4n) is 3.12. The molecule has 152 valence electrons. The third-order valence-corrected chi connectivity index (χ3v) is 4.54. The molecule has 1 aliphatic carbocycles. The summed E-state index contributed by atoms with van der Waals surface area (Å²) in [7, 11) is 0. The highest BCUT2D eigenvalue weighted by atomic mass is 19.4. The number of hydrogen-bond acceptors (Lipinski definition) is 6. The van der Waals surface area contributed by atoms with Crippen LogP contribution in [0, 0.1) is 5.82 Å². The Kier molecular flexibility index (Phi) is 4.77. The minimum absolute atomic E-state index is 0.167. The van der Waals surface area contributed by atoms with Gasteiger partial charge >= 0.3 is 6.36 Å². The monoisotopic (exact) mass is 410 g/mol. The van der Waals surface area contributed by atoms with Crippen molar-refractivity contribution in [1.82, 2.24) is 10.1 Å². The fraction of sp³-hybridized carbons (Fsp3) is 0.263. The summed E-state index contributed by atoms with van der Waals surface area (Å²) in [6, 6.07) is 7.62. The van der Waals surface area contributed by atoms with Crippen LogP contribution in [-0.4, -0.2) is 27.7 Å². The van der Waals surface area contributed by atoms with Crippen molar-refractivity contribution in [1.29, 1.82) is 0 Å². The zero-order valence-corrected chi connectivity index (χ0v) is 14.7. The summed E-state index contributed by atoms with van der Waals surface area (Å²) in [5.74, 6) is -0.849. The van der Waals surface area contributed by atoms with Crippen LogP contribution >= 0.6 is 0 Å². The Morgan fingerprint density at radius 1 is 1.10 bits per heavy atom. The molecule has 0 aliphatic heterocycles. The van der Waals surface area contributed by atoms with Gasteiger partial charge in [0, 0.05) is 23.9 Å². The van der Waals surface area contributed by atoms with E-state index in [1.165, 1.54) is 12.3 Å². The summed E-state index contributed by atoms with van der Waals surface area (Å²) in [5, 5.41) is 12.6. The van der Waals surface area contributed by atoms with Gasteiger partial charge < -0.3 is 19.1 Å². The zero-order chi connectivity index (χ0) is 20.6. The van der Waals surface area contributed by atoms with Crippen LogP contribution in [0.15, 0.2) is 47.1 Å². The molecule has 10 heteroatoms. The number of pyridine rings is 1. The number of ether oxygens (including phenoxy) is 2. The Bertz CT molecular complexity index is 998. The average molecular weight is 410 g/mol. The van der Waals surface area contributed by atoms with Gasteiger partial charge in [-0.05, 0) is 53.7 Å². The highest BCUT2D eigenvalue weighted by Gasteiger charge is 2.36. The second-order valence-electron chi connectivity index (χ2n) is 6.57. The number of aromatic nitrogens is 2. The molecular weight excluding hydrogens is 396 g/mol. The van der Waals surface area contributed by atoms with E-state index in [1.54, 1.807) is 12.1 Å². The number of hydrogen-bond donors (Lipinski definition) is 1. The lowest BCUT2D eigenvalue weighted by molar-refractivity contribution is -0.274. The Morgan fingerprint density at radius 2 is 1.90 bits per heavy atom. The van der Waals surface area contributed by atoms with Gasteiger partial charge in [-0.1, -0.05) is 0 Å². The summed E-state index contributed by atoms with van der Waals surface area (Å²) in [5.41, 5.74) is 0.764. The number of aromatic hydroxyl groups is 1. The van der Waals surface area contributed by atoms with Gasteiger partial charge in [0.1, 0.15) is 17.7 Å². The molecule has 3 aromatic rings. The van der Waals surface area contributed by atoms with E-state index in [1.807, 2.05) is 0 Å². The molecule has 1 aromatic carbocycles. The average Bonchev–Trinajstić information content (AvgIpc) is 3.05. The SMILES string of the molecule is Oc1cc(-c2ccc(OC3CC(c4cc(OC(F)(F)F)ccc4F)C3)nc2)on1. The molecular formula is C19H14F4N2O4. The summed E-state index contributed by atoms with van der Waals surface area (Å²) >= 11 is 0. The second-order valence-corrected chi connectivity index (χ2v) is 6.57. The first-order valence-corrected chi connectivity index (χ1v) is 8.61. The predicted octanol–water partition coefficient (Wildman–Crippen LogP) is 4.80. The van der Waals surface area contributed by atoms with E-state index in [2.05, 4.69) is 14.9 Å². The van der Waals surface area contributed by atoms with E-state index >= 15 is 0 Å². The molecule has 29 heavy (non-hydrogen) atoms. The number of rotatable bonds is 5. The van der Waals surface area contributed by atoms with Crippen molar-refractivity contribution in [2.75, 3.05) is 0 Å². The van der Waals surface area contributed by atoms with Crippen LogP contribution in [0.25, 0.3) is 11.3 Å². The minimum atomic E-state index is -4.83. The van der Waals surface area contributed by atoms with Gasteiger partial charge in [0.15, 0.2) is 5.76 Å². The summed E-state index contributed by atoms with van der Waals surface area (Å²) < 4.78 is 65.5. The van der Waals surface area contributed by atoms with E-state index < -0.39 is 17.9 Å². The lowest BCUT2D eigenvalue weighted by Crippen LogP contribution is -2.33.